The largest absolute Gasteiger partial charge is 0.392 e. The molecule has 0 unspecified atom stereocenters. The van der Waals surface area contributed by atoms with Crippen molar-refractivity contribution in [1.82, 2.24) is 0 Å². The van der Waals surface area contributed by atoms with Crippen LogP contribution in [-0.4, -0.2) is 22.6 Å². The summed E-state index contributed by atoms with van der Waals surface area (Å²) in [6, 6.07) is 5.39. The number of nitrogens with zero attached hydrogens (tertiary/aromatic N) is 2. The monoisotopic (exact) mass is 262 g/mol. The quantitative estimate of drug-likeness (QED) is 0.631. The van der Waals surface area contributed by atoms with Gasteiger partial charge in [0, 0.05) is 36.0 Å². The molecule has 1 N–H and O–H groups in total. The van der Waals surface area contributed by atoms with Crippen LogP contribution in [0.1, 0.15) is 31.2 Å². The van der Waals surface area contributed by atoms with Crippen LogP contribution in [0.4, 0.5) is 11.4 Å². The number of hydrogen-bond donors (Lipinski definition) is 1. The predicted molar refractivity (Wildman–Crippen MR) is 72.1 cm³/mol. The molecule has 3 rings (SSSR count). The number of nitro groups is 1. The van der Waals surface area contributed by atoms with Gasteiger partial charge >= 0.3 is 0 Å². The van der Waals surface area contributed by atoms with E-state index in [1.54, 1.807) is 6.07 Å². The zero-order valence-electron chi connectivity index (χ0n) is 10.8. The summed E-state index contributed by atoms with van der Waals surface area (Å²) in [6.07, 6.45) is 4.94. The van der Waals surface area contributed by atoms with E-state index in [-0.39, 0.29) is 12.3 Å². The number of aliphatic hydroxyl groups is 1. The second-order valence-corrected chi connectivity index (χ2v) is 5.56. The van der Waals surface area contributed by atoms with E-state index in [4.69, 9.17) is 0 Å². The molecule has 5 nitrogen and oxygen atoms in total. The summed E-state index contributed by atoms with van der Waals surface area (Å²) in [4.78, 5) is 12.7. The standard InChI is InChI=1S/C14H18N2O3/c17-9-11-7-13(16(18)19)5-6-14(11)15(12-3-4-12)8-10-1-2-10/h5-7,10,12,17H,1-4,8-9H2. The van der Waals surface area contributed by atoms with E-state index in [9.17, 15) is 15.2 Å². The van der Waals surface area contributed by atoms with Crippen LogP contribution in [0.3, 0.4) is 0 Å². The molecule has 0 radical (unpaired) electrons. The molecular formula is C14H18N2O3. The van der Waals surface area contributed by atoms with Crippen molar-refractivity contribution < 1.29 is 10.0 Å². The third-order valence-corrected chi connectivity index (χ3v) is 3.89. The van der Waals surface area contributed by atoms with Crippen molar-refractivity contribution >= 4 is 11.4 Å². The highest BCUT2D eigenvalue weighted by Crippen LogP contribution is 2.39. The maximum absolute atomic E-state index is 10.8. The summed E-state index contributed by atoms with van der Waals surface area (Å²) in [7, 11) is 0. The normalized spacial score (nSPS) is 18.4. The summed E-state index contributed by atoms with van der Waals surface area (Å²) >= 11 is 0. The molecular weight excluding hydrogens is 244 g/mol. The van der Waals surface area contributed by atoms with E-state index in [1.165, 1.54) is 37.8 Å². The topological polar surface area (TPSA) is 66.6 Å². The molecule has 0 saturated heterocycles. The molecule has 0 aliphatic heterocycles. The highest BCUT2D eigenvalue weighted by molar-refractivity contribution is 5.59. The Balaban J connectivity index is 1.89. The van der Waals surface area contributed by atoms with E-state index in [0.717, 1.165) is 18.2 Å². The van der Waals surface area contributed by atoms with Gasteiger partial charge in [-0.3, -0.25) is 10.1 Å². The second kappa shape index (κ2) is 4.81. The minimum absolute atomic E-state index is 0.0509. The van der Waals surface area contributed by atoms with Crippen molar-refractivity contribution in [2.75, 3.05) is 11.4 Å². The molecule has 2 aliphatic carbocycles. The first kappa shape index (κ1) is 12.4. The van der Waals surface area contributed by atoms with Crippen molar-refractivity contribution in [2.24, 2.45) is 5.92 Å². The fraction of sp³-hybridized carbons (Fsp3) is 0.571. The Labute approximate surface area is 112 Å². The molecule has 1 aromatic rings. The molecule has 0 amide bonds. The van der Waals surface area contributed by atoms with Gasteiger partial charge < -0.3 is 10.0 Å². The number of nitro benzene ring substituents is 1. The summed E-state index contributed by atoms with van der Waals surface area (Å²) < 4.78 is 0. The Morgan fingerprint density at radius 1 is 1.32 bits per heavy atom. The summed E-state index contributed by atoms with van der Waals surface area (Å²) in [5, 5.41) is 20.3. The lowest BCUT2D eigenvalue weighted by Gasteiger charge is -2.26. The number of rotatable bonds is 6. The van der Waals surface area contributed by atoms with Gasteiger partial charge in [-0.25, -0.2) is 0 Å². The Kier molecular flexibility index (Phi) is 3.14. The average Bonchev–Trinajstić information content (AvgIpc) is 3.27. The molecule has 1 aromatic carbocycles. The summed E-state index contributed by atoms with van der Waals surface area (Å²) in [5.41, 5.74) is 1.69. The van der Waals surface area contributed by atoms with E-state index >= 15 is 0 Å². The molecule has 2 fully saturated rings. The van der Waals surface area contributed by atoms with Crippen molar-refractivity contribution in [3.63, 3.8) is 0 Å². The van der Waals surface area contributed by atoms with Crippen LogP contribution < -0.4 is 4.90 Å². The van der Waals surface area contributed by atoms with Crippen LogP contribution in [-0.2, 0) is 6.61 Å². The first-order valence-electron chi connectivity index (χ1n) is 6.84. The van der Waals surface area contributed by atoms with Crippen LogP contribution in [0.25, 0.3) is 0 Å². The first-order valence-corrected chi connectivity index (χ1v) is 6.84. The van der Waals surface area contributed by atoms with Crippen molar-refractivity contribution in [2.45, 2.75) is 38.3 Å². The van der Waals surface area contributed by atoms with E-state index < -0.39 is 4.92 Å². The molecule has 5 heteroatoms. The van der Waals surface area contributed by atoms with Crippen LogP contribution in [0, 0.1) is 16.0 Å². The van der Waals surface area contributed by atoms with E-state index in [1.807, 2.05) is 0 Å². The van der Waals surface area contributed by atoms with Gasteiger partial charge in [0.15, 0.2) is 0 Å². The number of anilines is 1. The summed E-state index contributed by atoms with van der Waals surface area (Å²) in [5.74, 6) is 0.766. The Hall–Kier alpha value is -1.62. The SMILES string of the molecule is O=[N+]([O-])c1ccc(N(CC2CC2)C2CC2)c(CO)c1. The third kappa shape index (κ3) is 2.71. The van der Waals surface area contributed by atoms with Crippen LogP contribution in [0.5, 0.6) is 0 Å². The van der Waals surface area contributed by atoms with Crippen LogP contribution >= 0.6 is 0 Å². The van der Waals surface area contributed by atoms with Gasteiger partial charge in [-0.05, 0) is 37.7 Å². The Morgan fingerprint density at radius 3 is 2.58 bits per heavy atom. The summed E-state index contributed by atoms with van der Waals surface area (Å²) in [6.45, 7) is 0.875. The zero-order valence-corrected chi connectivity index (χ0v) is 10.8. The fourth-order valence-corrected chi connectivity index (χ4v) is 2.50. The van der Waals surface area contributed by atoms with E-state index in [2.05, 4.69) is 4.90 Å². The lowest BCUT2D eigenvalue weighted by molar-refractivity contribution is -0.384. The van der Waals surface area contributed by atoms with E-state index in [0.29, 0.717) is 11.6 Å². The van der Waals surface area contributed by atoms with Gasteiger partial charge in [0.2, 0.25) is 0 Å². The van der Waals surface area contributed by atoms with Crippen LogP contribution in [0.15, 0.2) is 18.2 Å². The van der Waals surface area contributed by atoms with Gasteiger partial charge in [-0.1, -0.05) is 0 Å². The van der Waals surface area contributed by atoms with Gasteiger partial charge in [-0.2, -0.15) is 0 Å². The van der Waals surface area contributed by atoms with Crippen molar-refractivity contribution in [1.29, 1.82) is 0 Å². The number of benzene rings is 1. The molecule has 0 aromatic heterocycles. The minimum Gasteiger partial charge on any atom is -0.392 e. The molecule has 2 saturated carbocycles. The van der Waals surface area contributed by atoms with Crippen LogP contribution in [0.2, 0.25) is 0 Å². The molecule has 19 heavy (non-hydrogen) atoms. The Morgan fingerprint density at radius 2 is 2.05 bits per heavy atom. The number of aliphatic hydroxyl groups excluding tert-OH is 1. The molecule has 2 aliphatic rings. The van der Waals surface area contributed by atoms with Crippen molar-refractivity contribution in [3.05, 3.63) is 33.9 Å². The highest BCUT2D eigenvalue weighted by atomic mass is 16.6. The molecule has 0 spiro atoms. The van der Waals surface area contributed by atoms with Crippen molar-refractivity contribution in [3.8, 4) is 0 Å². The lowest BCUT2D eigenvalue weighted by atomic mass is 10.1. The number of hydrogen-bond acceptors (Lipinski definition) is 4. The lowest BCUT2D eigenvalue weighted by Crippen LogP contribution is -2.29. The third-order valence-electron chi connectivity index (χ3n) is 3.89. The van der Waals surface area contributed by atoms with Gasteiger partial charge in [0.1, 0.15) is 0 Å². The smallest absolute Gasteiger partial charge is 0.269 e. The molecule has 102 valence electrons. The molecule has 0 atom stereocenters. The number of non-ortho nitro benzene ring substituents is 1. The predicted octanol–water partition coefficient (Wildman–Crippen LogP) is 2.47. The minimum atomic E-state index is -0.411. The van der Waals surface area contributed by atoms with Gasteiger partial charge in [-0.15, -0.1) is 0 Å². The molecule has 0 bridgehead atoms. The maximum atomic E-state index is 10.8. The van der Waals surface area contributed by atoms with Gasteiger partial charge in [0.05, 0.1) is 11.5 Å². The Bertz CT molecular complexity index is 495. The molecule has 0 heterocycles. The average molecular weight is 262 g/mol. The zero-order chi connectivity index (χ0) is 13.4. The maximum Gasteiger partial charge on any atom is 0.269 e. The first-order chi connectivity index (χ1) is 9.19. The highest BCUT2D eigenvalue weighted by Gasteiger charge is 2.34. The second-order valence-electron chi connectivity index (χ2n) is 5.56. The fourth-order valence-electron chi connectivity index (χ4n) is 2.50. The van der Waals surface area contributed by atoms with Gasteiger partial charge in [0.25, 0.3) is 5.69 Å².